The molecular weight excluding hydrogens is 504 g/mol. The molecule has 1 N–H and O–H groups in total. The van der Waals surface area contributed by atoms with Gasteiger partial charge in [0.1, 0.15) is 11.6 Å². The molecule has 2 heterocycles. The Hall–Kier alpha value is -3.94. The van der Waals surface area contributed by atoms with Crippen LogP contribution in [0.5, 0.6) is 5.75 Å². The van der Waals surface area contributed by atoms with E-state index in [-0.39, 0.29) is 23.5 Å². The zero-order chi connectivity index (χ0) is 28.2. The molecular formula is C32H38N4O4. The Bertz CT molecular complexity index is 1550. The van der Waals surface area contributed by atoms with Crippen LogP contribution in [-0.2, 0) is 12.8 Å². The van der Waals surface area contributed by atoms with Gasteiger partial charge in [-0.3, -0.25) is 18.9 Å². The fourth-order valence-electron chi connectivity index (χ4n) is 5.93. The number of aromatic nitrogens is 4. The standard InChI is InChI=1S/C32H38N4O4/c1-5-8-29-28(31(37)36(21(4)33-29)24-15-17-25(18-16-24)39-20(2)3)19-22-11-13-23(14-12-22)26-9-6-7-10-27(26)30-34-32(38)40-35-30/h11-18,20,26-27H,5-10,19H2,1-4H3,(H,34,35,38). The van der Waals surface area contributed by atoms with Crippen LogP contribution in [0.25, 0.3) is 5.69 Å². The summed E-state index contributed by atoms with van der Waals surface area (Å²) in [6, 6.07) is 16.2. The third-order valence-electron chi connectivity index (χ3n) is 7.75. The van der Waals surface area contributed by atoms with Gasteiger partial charge in [-0.25, -0.2) is 9.78 Å². The molecule has 2 aromatic heterocycles. The zero-order valence-corrected chi connectivity index (χ0v) is 23.8. The van der Waals surface area contributed by atoms with Gasteiger partial charge in [-0.15, -0.1) is 0 Å². The normalized spacial score (nSPS) is 17.3. The number of ether oxygens (including phenoxy) is 1. The molecule has 1 saturated carbocycles. The molecule has 2 aromatic carbocycles. The molecule has 0 saturated heterocycles. The Kier molecular flexibility index (Phi) is 8.33. The summed E-state index contributed by atoms with van der Waals surface area (Å²) in [5.74, 6) is 1.98. The van der Waals surface area contributed by atoms with Gasteiger partial charge in [0, 0.05) is 17.9 Å². The molecule has 4 aromatic rings. The maximum absolute atomic E-state index is 13.9. The minimum atomic E-state index is -0.505. The molecule has 40 heavy (non-hydrogen) atoms. The van der Waals surface area contributed by atoms with Crippen molar-refractivity contribution in [2.45, 2.75) is 90.6 Å². The number of nitrogens with one attached hydrogen (secondary N) is 1. The van der Waals surface area contributed by atoms with Crippen LogP contribution in [0.15, 0.2) is 62.6 Å². The molecule has 5 rings (SSSR count). The van der Waals surface area contributed by atoms with Crippen molar-refractivity contribution >= 4 is 0 Å². The van der Waals surface area contributed by atoms with Crippen LogP contribution in [-0.4, -0.2) is 25.8 Å². The van der Waals surface area contributed by atoms with Crippen LogP contribution in [0.4, 0.5) is 0 Å². The highest BCUT2D eigenvalue weighted by molar-refractivity contribution is 5.41. The first-order valence-corrected chi connectivity index (χ1v) is 14.4. The molecule has 1 aliphatic carbocycles. The highest BCUT2D eigenvalue weighted by Crippen LogP contribution is 2.42. The molecule has 0 aliphatic heterocycles. The van der Waals surface area contributed by atoms with Crippen molar-refractivity contribution in [1.29, 1.82) is 0 Å². The van der Waals surface area contributed by atoms with Gasteiger partial charge in [-0.1, -0.05) is 55.6 Å². The summed E-state index contributed by atoms with van der Waals surface area (Å²) in [7, 11) is 0. The second-order valence-electron chi connectivity index (χ2n) is 11.0. The lowest BCUT2D eigenvalue weighted by molar-refractivity contribution is 0.242. The van der Waals surface area contributed by atoms with Crippen LogP contribution >= 0.6 is 0 Å². The van der Waals surface area contributed by atoms with Crippen molar-refractivity contribution in [2.75, 3.05) is 0 Å². The van der Waals surface area contributed by atoms with Crippen LogP contribution in [0.2, 0.25) is 0 Å². The number of rotatable bonds is 9. The first-order chi connectivity index (χ1) is 19.3. The molecule has 1 fully saturated rings. The number of H-pyrrole nitrogens is 1. The van der Waals surface area contributed by atoms with Crippen molar-refractivity contribution in [1.82, 2.24) is 19.7 Å². The van der Waals surface area contributed by atoms with Gasteiger partial charge in [0.05, 0.1) is 17.5 Å². The Morgan fingerprint density at radius 1 is 1.02 bits per heavy atom. The summed E-state index contributed by atoms with van der Waals surface area (Å²) < 4.78 is 12.3. The second-order valence-corrected chi connectivity index (χ2v) is 11.0. The Morgan fingerprint density at radius 2 is 1.73 bits per heavy atom. The largest absolute Gasteiger partial charge is 0.491 e. The molecule has 8 heteroatoms. The summed E-state index contributed by atoms with van der Waals surface area (Å²) in [6.07, 6.45) is 6.52. The lowest BCUT2D eigenvalue weighted by Crippen LogP contribution is -2.28. The minimum Gasteiger partial charge on any atom is -0.491 e. The lowest BCUT2D eigenvalue weighted by Gasteiger charge is -2.30. The van der Waals surface area contributed by atoms with Gasteiger partial charge < -0.3 is 4.74 Å². The van der Waals surface area contributed by atoms with Crippen molar-refractivity contribution < 1.29 is 9.26 Å². The van der Waals surface area contributed by atoms with Crippen molar-refractivity contribution in [3.8, 4) is 11.4 Å². The van der Waals surface area contributed by atoms with E-state index < -0.39 is 5.76 Å². The fraction of sp³-hybridized carbons (Fsp3) is 0.438. The predicted octanol–water partition coefficient (Wildman–Crippen LogP) is 5.99. The molecule has 1 aliphatic rings. The van der Waals surface area contributed by atoms with E-state index >= 15 is 0 Å². The summed E-state index contributed by atoms with van der Waals surface area (Å²) in [6.45, 7) is 7.98. The van der Waals surface area contributed by atoms with Crippen molar-refractivity contribution in [3.05, 3.63) is 103 Å². The molecule has 2 atom stereocenters. The highest BCUT2D eigenvalue weighted by Gasteiger charge is 2.30. The minimum absolute atomic E-state index is 0.0279. The van der Waals surface area contributed by atoms with Crippen LogP contribution in [0, 0.1) is 6.92 Å². The molecule has 2 unspecified atom stereocenters. The van der Waals surface area contributed by atoms with Gasteiger partial charge in [-0.05, 0) is 81.3 Å². The Balaban J connectivity index is 1.44. The topological polar surface area (TPSA) is 103 Å². The molecule has 0 radical (unpaired) electrons. The van der Waals surface area contributed by atoms with Crippen molar-refractivity contribution in [2.24, 2.45) is 0 Å². The number of aromatic amines is 1. The highest BCUT2D eigenvalue weighted by atomic mass is 16.5. The average Bonchev–Trinajstić information content (AvgIpc) is 3.38. The molecule has 0 amide bonds. The lowest BCUT2D eigenvalue weighted by atomic mass is 9.75. The number of benzene rings is 2. The molecule has 0 bridgehead atoms. The Morgan fingerprint density at radius 3 is 2.35 bits per heavy atom. The third-order valence-corrected chi connectivity index (χ3v) is 7.75. The number of aryl methyl sites for hydroxylation is 2. The van der Waals surface area contributed by atoms with E-state index in [2.05, 4.69) is 41.3 Å². The van der Waals surface area contributed by atoms with Gasteiger partial charge in [-0.2, -0.15) is 0 Å². The van der Waals surface area contributed by atoms with Gasteiger partial charge in [0.2, 0.25) is 0 Å². The van der Waals surface area contributed by atoms with E-state index in [1.54, 1.807) is 4.57 Å². The third kappa shape index (κ3) is 5.96. The molecule has 0 spiro atoms. The van der Waals surface area contributed by atoms with E-state index in [9.17, 15) is 9.59 Å². The number of nitrogens with zero attached hydrogens (tertiary/aromatic N) is 3. The quantitative estimate of drug-likeness (QED) is 0.279. The van der Waals surface area contributed by atoms with Crippen LogP contribution < -0.4 is 16.1 Å². The smallest absolute Gasteiger partial charge is 0.438 e. The van der Waals surface area contributed by atoms with E-state index in [0.717, 1.165) is 66.8 Å². The summed E-state index contributed by atoms with van der Waals surface area (Å²) >= 11 is 0. The van der Waals surface area contributed by atoms with Crippen LogP contribution in [0.1, 0.15) is 98.7 Å². The van der Waals surface area contributed by atoms with Gasteiger partial charge in [0.25, 0.3) is 5.56 Å². The zero-order valence-electron chi connectivity index (χ0n) is 23.8. The number of hydrogen-bond acceptors (Lipinski definition) is 6. The Labute approximate surface area is 234 Å². The monoisotopic (exact) mass is 542 g/mol. The maximum atomic E-state index is 13.9. The SMILES string of the molecule is CCCc1nc(C)n(-c2ccc(OC(C)C)cc2)c(=O)c1Cc1ccc(C2CCCCC2c2noc(=O)[nH]2)cc1. The van der Waals surface area contributed by atoms with E-state index in [1.165, 1.54) is 5.56 Å². The van der Waals surface area contributed by atoms with Gasteiger partial charge in [0.15, 0.2) is 5.82 Å². The average molecular weight is 543 g/mol. The molecule has 210 valence electrons. The summed E-state index contributed by atoms with van der Waals surface area (Å²) in [4.78, 5) is 33.1. The first kappa shape index (κ1) is 27.6. The van der Waals surface area contributed by atoms with Crippen LogP contribution in [0.3, 0.4) is 0 Å². The summed E-state index contributed by atoms with van der Waals surface area (Å²) in [5, 5.41) is 3.99. The molecule has 8 nitrogen and oxygen atoms in total. The first-order valence-electron chi connectivity index (χ1n) is 14.4. The second kappa shape index (κ2) is 12.1. The maximum Gasteiger partial charge on any atom is 0.438 e. The van der Waals surface area contributed by atoms with E-state index in [4.69, 9.17) is 14.2 Å². The summed E-state index contributed by atoms with van der Waals surface area (Å²) in [5.41, 5.74) is 4.64. The van der Waals surface area contributed by atoms with E-state index in [1.807, 2.05) is 45.0 Å². The van der Waals surface area contributed by atoms with Crippen molar-refractivity contribution in [3.63, 3.8) is 0 Å². The predicted molar refractivity (Wildman–Crippen MR) is 155 cm³/mol. The fourth-order valence-corrected chi connectivity index (χ4v) is 5.93. The van der Waals surface area contributed by atoms with Gasteiger partial charge >= 0.3 is 5.76 Å². The van der Waals surface area contributed by atoms with E-state index in [0.29, 0.717) is 18.1 Å². The number of hydrogen-bond donors (Lipinski definition) is 1.